The second-order valence-corrected chi connectivity index (χ2v) is 8.05. The molecule has 8 heteroatoms. The number of aliphatic hydroxyl groups excluding tert-OH is 2. The number of likely N-dealkylation sites (tertiary alicyclic amines) is 1. The second kappa shape index (κ2) is 24.3. The Bertz CT molecular complexity index is 294. The van der Waals surface area contributed by atoms with E-state index in [1.54, 1.807) is 0 Å². The summed E-state index contributed by atoms with van der Waals surface area (Å²) in [4.78, 5) is 4.03. The number of quaternary nitrogens is 1. The Morgan fingerprint density at radius 3 is 1.48 bits per heavy atom. The van der Waals surface area contributed by atoms with Crippen molar-refractivity contribution < 1.29 is 19.4 Å². The largest absolute Gasteiger partial charge is 0.391 e. The second-order valence-electron chi connectivity index (χ2n) is 7.74. The summed E-state index contributed by atoms with van der Waals surface area (Å²) in [5.41, 5.74) is 0. The van der Waals surface area contributed by atoms with Crippen LogP contribution in [0.2, 0.25) is 0 Å². The molecule has 0 radical (unpaired) electrons. The van der Waals surface area contributed by atoms with Gasteiger partial charge in [-0.1, -0.05) is 29.7 Å². The van der Waals surface area contributed by atoms with E-state index in [0.717, 1.165) is 30.7 Å². The summed E-state index contributed by atoms with van der Waals surface area (Å²) >= 11 is 5.32. The van der Waals surface area contributed by atoms with E-state index in [4.69, 9.17) is 26.6 Å². The lowest BCUT2D eigenvalue weighted by atomic mass is 10.1. The number of nitrogens with one attached hydrogen (secondary N) is 1. The number of hydrogen-bond donors (Lipinski definition) is 3. The van der Waals surface area contributed by atoms with Crippen molar-refractivity contribution in [1.29, 1.82) is 0 Å². The van der Waals surface area contributed by atoms with Gasteiger partial charge in [0.1, 0.15) is 13.1 Å². The lowest BCUT2D eigenvalue weighted by Gasteiger charge is -2.41. The molecule has 0 aromatic rings. The van der Waals surface area contributed by atoms with Gasteiger partial charge < -0.3 is 34.5 Å². The zero-order valence-corrected chi connectivity index (χ0v) is 18.3. The summed E-state index contributed by atoms with van der Waals surface area (Å²) in [7, 11) is 15.9. The van der Waals surface area contributed by atoms with Crippen molar-refractivity contribution in [1.82, 2.24) is 15.1 Å². The molecule has 29 heavy (non-hydrogen) atoms. The van der Waals surface area contributed by atoms with Crippen LogP contribution in [-0.4, -0.2) is 138 Å². The summed E-state index contributed by atoms with van der Waals surface area (Å²) in [6, 6.07) is 0. The zero-order valence-electron chi connectivity index (χ0n) is 17.5. The average Bonchev–Trinajstić information content (AvgIpc) is 3.21. The van der Waals surface area contributed by atoms with Gasteiger partial charge in [-0.2, -0.15) is 0 Å². The number of likely N-dealkylation sites (N-methyl/N-ethyl adjacent to an activating group) is 3. The number of halogens is 1. The monoisotopic (exact) mass is 449 g/mol. The molecule has 0 bridgehead atoms. The van der Waals surface area contributed by atoms with Gasteiger partial charge in [0.25, 0.3) is 0 Å². The highest BCUT2D eigenvalue weighted by molar-refractivity contribution is 6.18. The van der Waals surface area contributed by atoms with Gasteiger partial charge in [-0.25, -0.2) is 0 Å². The highest BCUT2D eigenvalue weighted by atomic mass is 35.5. The minimum absolute atomic E-state index is 0. The fraction of sp³-hybridized carbons (Fsp3) is 1.00. The van der Waals surface area contributed by atoms with Crippen LogP contribution in [0.25, 0.3) is 0 Å². The van der Waals surface area contributed by atoms with Crippen LogP contribution in [-0.2, 0) is 4.74 Å². The van der Waals surface area contributed by atoms with Gasteiger partial charge in [0.05, 0.1) is 32.9 Å². The first-order valence-corrected chi connectivity index (χ1v) is 9.24. The molecule has 2 rings (SSSR count). The third-order valence-electron chi connectivity index (χ3n) is 3.14. The van der Waals surface area contributed by atoms with E-state index in [1.165, 1.54) is 0 Å². The number of epoxide rings is 1. The minimum atomic E-state index is -0.383. The van der Waals surface area contributed by atoms with Gasteiger partial charge in [-0.05, 0) is 42.3 Å². The van der Waals surface area contributed by atoms with Crippen molar-refractivity contribution in [3.8, 4) is 0 Å². The number of aliphatic hydroxyl groups is 2. The Hall–Kier alpha value is 0.01000. The van der Waals surface area contributed by atoms with Crippen molar-refractivity contribution in [2.75, 3.05) is 95.0 Å². The summed E-state index contributed by atoms with van der Waals surface area (Å²) in [5.74, 6) is 0.318. The Morgan fingerprint density at radius 1 is 1.03 bits per heavy atom. The molecule has 0 spiro atoms. The minimum Gasteiger partial charge on any atom is -0.391 e. The van der Waals surface area contributed by atoms with Gasteiger partial charge in [0.15, 0.2) is 6.10 Å². The molecule has 2 aliphatic heterocycles. The molecule has 2 unspecified atom stereocenters. The van der Waals surface area contributed by atoms with Crippen LogP contribution in [0.15, 0.2) is 0 Å². The van der Waals surface area contributed by atoms with Gasteiger partial charge in [-0.3, -0.25) is 0 Å². The normalized spacial score (nSPS) is 18.7. The first-order chi connectivity index (χ1) is 11.5. The van der Waals surface area contributed by atoms with E-state index in [2.05, 4.69) is 38.4 Å². The molecule has 186 valence electrons. The predicted octanol–water partition coefficient (Wildman–Crippen LogP) is 1.91. The third kappa shape index (κ3) is 35.8. The summed E-state index contributed by atoms with van der Waals surface area (Å²) in [6.45, 7) is 4.56. The van der Waals surface area contributed by atoms with E-state index in [1.807, 2.05) is 33.1 Å². The molecule has 0 aliphatic carbocycles. The lowest BCUT2D eigenvalue weighted by molar-refractivity contribution is -0.937. The molecule has 7 nitrogen and oxygen atoms in total. The lowest BCUT2D eigenvalue weighted by Crippen LogP contribution is -2.61. The average molecular weight is 450 g/mol. The molecule has 0 aromatic carbocycles. The highest BCUT2D eigenvalue weighted by Crippen LogP contribution is 2.11. The highest BCUT2D eigenvalue weighted by Gasteiger charge is 2.34. The topological polar surface area (TPSA) is 71.5 Å². The smallest absolute Gasteiger partial charge is 0.152 e. The third-order valence-corrected chi connectivity index (χ3v) is 3.49. The van der Waals surface area contributed by atoms with E-state index in [0.29, 0.717) is 18.5 Å². The SMILES string of the molecule is C.C.C.C.CN(C)CC(O)CCl.CN(C)CC1CO1.CNC.C[N+]1(C)CC(O)C1. The Labute approximate surface area is 189 Å². The molecule has 0 amide bonds. The van der Waals surface area contributed by atoms with E-state index >= 15 is 0 Å². The number of ether oxygens (including phenoxy) is 1. The zero-order chi connectivity index (χ0) is 20.0. The standard InChI is InChI=1S/C5H12ClNO.C5H11NO.C5H12NO.C2H7N.4CH4/c1-7(2)4-5(8)3-6;1-6(2)3-5-4-7-5;1-6(2)3-5(7)4-6;1-3-2;;;;/h5,8H,3-4H2,1-2H3;5H,3-4H2,1-2H3;5,7H,3-4H2,1-2H3;3H,1-2H3;4*1H4/q;;+1;;;;;. The molecule has 3 N–H and O–H groups in total. The Balaban J connectivity index is -0.0000000602. The Morgan fingerprint density at radius 2 is 1.41 bits per heavy atom. The quantitative estimate of drug-likeness (QED) is 0.338. The van der Waals surface area contributed by atoms with Crippen LogP contribution in [0, 0.1) is 0 Å². The van der Waals surface area contributed by atoms with E-state index in [-0.39, 0.29) is 41.9 Å². The number of nitrogens with zero attached hydrogens (tertiary/aromatic N) is 3. The van der Waals surface area contributed by atoms with Crippen molar-refractivity contribution in [2.24, 2.45) is 0 Å². The van der Waals surface area contributed by atoms with Crippen molar-refractivity contribution >= 4 is 11.6 Å². The van der Waals surface area contributed by atoms with Gasteiger partial charge in [-0.15, -0.1) is 11.6 Å². The van der Waals surface area contributed by atoms with Crippen LogP contribution in [0.5, 0.6) is 0 Å². The molecule has 0 aromatic heterocycles. The fourth-order valence-electron chi connectivity index (χ4n) is 2.14. The van der Waals surface area contributed by atoms with Crippen LogP contribution < -0.4 is 5.32 Å². The molecular weight excluding hydrogens is 392 g/mol. The maximum absolute atomic E-state index is 8.85. The molecule has 2 atom stereocenters. The molecule has 2 aliphatic rings. The van der Waals surface area contributed by atoms with Crippen LogP contribution in [0.3, 0.4) is 0 Å². The fourth-order valence-corrected chi connectivity index (χ4v) is 2.24. The summed E-state index contributed by atoms with van der Waals surface area (Å²) < 4.78 is 5.96. The van der Waals surface area contributed by atoms with Crippen LogP contribution in [0.4, 0.5) is 0 Å². The van der Waals surface area contributed by atoms with Crippen molar-refractivity contribution in [3.63, 3.8) is 0 Å². The molecule has 2 heterocycles. The maximum Gasteiger partial charge on any atom is 0.152 e. The first kappa shape index (κ1) is 43.0. The van der Waals surface area contributed by atoms with E-state index in [9.17, 15) is 0 Å². The Kier molecular flexibility index (Phi) is 36.0. The molecule has 2 saturated heterocycles. The van der Waals surface area contributed by atoms with Gasteiger partial charge >= 0.3 is 0 Å². The van der Waals surface area contributed by atoms with Crippen molar-refractivity contribution in [3.05, 3.63) is 0 Å². The van der Waals surface area contributed by atoms with Crippen LogP contribution in [0.1, 0.15) is 29.7 Å². The predicted molar refractivity (Wildman–Crippen MR) is 133 cm³/mol. The molecule has 0 saturated carbocycles. The number of rotatable bonds is 5. The van der Waals surface area contributed by atoms with Gasteiger partial charge in [0, 0.05) is 19.0 Å². The molecular formula is C21H58ClN4O3+. The number of alkyl halides is 1. The first-order valence-electron chi connectivity index (χ1n) is 8.71. The number of hydrogen-bond acceptors (Lipinski definition) is 6. The maximum atomic E-state index is 8.85. The van der Waals surface area contributed by atoms with Gasteiger partial charge in [0.2, 0.25) is 0 Å². The summed E-state index contributed by atoms with van der Waals surface area (Å²) in [6.07, 6.45) is 0.150. The van der Waals surface area contributed by atoms with E-state index < -0.39 is 0 Å². The molecule has 2 fully saturated rings. The van der Waals surface area contributed by atoms with Crippen LogP contribution >= 0.6 is 11.6 Å². The summed E-state index contributed by atoms with van der Waals surface area (Å²) in [5, 5.41) is 20.4. The van der Waals surface area contributed by atoms with Crippen molar-refractivity contribution in [2.45, 2.75) is 48.0 Å².